The van der Waals surface area contributed by atoms with Crippen molar-refractivity contribution in [2.45, 2.75) is 39.0 Å². The summed E-state index contributed by atoms with van der Waals surface area (Å²) < 4.78 is 1.76. The number of piperidine rings is 1. The molecule has 1 saturated heterocycles. The fourth-order valence-corrected chi connectivity index (χ4v) is 2.97. The Bertz CT molecular complexity index is 399. The van der Waals surface area contributed by atoms with E-state index >= 15 is 0 Å². The molecule has 0 aliphatic carbocycles. The van der Waals surface area contributed by atoms with Crippen LogP contribution in [-0.2, 0) is 18.3 Å². The zero-order chi connectivity index (χ0) is 13.0. The molecule has 0 bridgehead atoms. The average Bonchev–Trinajstić information content (AvgIpc) is 2.76. The Morgan fingerprint density at radius 1 is 1.61 bits per heavy atom. The monoisotopic (exact) mass is 249 g/mol. The van der Waals surface area contributed by atoms with Gasteiger partial charge >= 0.3 is 0 Å². The summed E-state index contributed by atoms with van der Waals surface area (Å²) in [5.41, 5.74) is 0.895. The summed E-state index contributed by atoms with van der Waals surface area (Å²) in [5.74, 6) is 0.379. The summed E-state index contributed by atoms with van der Waals surface area (Å²) in [6, 6.07) is 0. The van der Waals surface area contributed by atoms with Crippen molar-refractivity contribution < 1.29 is 4.79 Å². The van der Waals surface area contributed by atoms with Crippen molar-refractivity contribution >= 4 is 5.78 Å². The van der Waals surface area contributed by atoms with Gasteiger partial charge in [-0.2, -0.15) is 5.10 Å². The third-order valence-corrected chi connectivity index (χ3v) is 3.92. The maximum Gasteiger partial charge on any atom is 0.144 e. The summed E-state index contributed by atoms with van der Waals surface area (Å²) in [6.07, 6.45) is 8.47. The molecule has 0 aromatic carbocycles. The van der Waals surface area contributed by atoms with E-state index in [1.54, 1.807) is 10.9 Å². The van der Waals surface area contributed by atoms with E-state index < -0.39 is 0 Å². The molecule has 1 aliphatic heterocycles. The second-order valence-electron chi connectivity index (χ2n) is 5.43. The molecule has 18 heavy (non-hydrogen) atoms. The van der Waals surface area contributed by atoms with Crippen LogP contribution in [-0.4, -0.2) is 28.7 Å². The van der Waals surface area contributed by atoms with Crippen LogP contribution in [0, 0.1) is 5.41 Å². The highest BCUT2D eigenvalue weighted by molar-refractivity contribution is 5.87. The summed E-state index contributed by atoms with van der Waals surface area (Å²) in [7, 11) is 1.89. The standard InChI is InChI=1S/C14H23N3O/c1-3-5-14(6-4-7-15-11-14)13(18)8-12-9-16-17(2)10-12/h9-10,15H,3-8,11H2,1-2H3. The van der Waals surface area contributed by atoms with Crippen molar-refractivity contribution in [1.82, 2.24) is 15.1 Å². The summed E-state index contributed by atoms with van der Waals surface area (Å²) in [6.45, 7) is 4.05. The van der Waals surface area contributed by atoms with Crippen LogP contribution >= 0.6 is 0 Å². The van der Waals surface area contributed by atoms with Gasteiger partial charge in [-0.25, -0.2) is 0 Å². The van der Waals surface area contributed by atoms with E-state index in [2.05, 4.69) is 17.3 Å². The first kappa shape index (κ1) is 13.3. The molecule has 4 nitrogen and oxygen atoms in total. The minimum atomic E-state index is -0.136. The van der Waals surface area contributed by atoms with Crippen LogP contribution in [0.25, 0.3) is 0 Å². The zero-order valence-corrected chi connectivity index (χ0v) is 11.4. The van der Waals surface area contributed by atoms with Crippen molar-refractivity contribution in [2.24, 2.45) is 12.5 Å². The summed E-state index contributed by atoms with van der Waals surface area (Å²) in [4.78, 5) is 12.6. The molecular weight excluding hydrogens is 226 g/mol. The third kappa shape index (κ3) is 2.80. The molecule has 1 unspecified atom stereocenters. The van der Waals surface area contributed by atoms with Gasteiger partial charge in [0.15, 0.2) is 0 Å². The highest BCUT2D eigenvalue weighted by Gasteiger charge is 2.37. The minimum absolute atomic E-state index is 0.136. The van der Waals surface area contributed by atoms with Gasteiger partial charge in [-0.3, -0.25) is 9.48 Å². The second kappa shape index (κ2) is 5.65. The fraction of sp³-hybridized carbons (Fsp3) is 0.714. The predicted octanol–water partition coefficient (Wildman–Crippen LogP) is 1.70. The van der Waals surface area contributed by atoms with Crippen molar-refractivity contribution in [3.8, 4) is 0 Å². The van der Waals surface area contributed by atoms with E-state index in [-0.39, 0.29) is 5.41 Å². The number of nitrogens with zero attached hydrogens (tertiary/aromatic N) is 2. The lowest BCUT2D eigenvalue weighted by Crippen LogP contribution is -2.46. The molecule has 1 atom stereocenters. The maximum atomic E-state index is 12.6. The molecule has 0 spiro atoms. The van der Waals surface area contributed by atoms with Crippen LogP contribution in [0.3, 0.4) is 0 Å². The first-order valence-electron chi connectivity index (χ1n) is 6.88. The fourth-order valence-electron chi connectivity index (χ4n) is 2.97. The lowest BCUT2D eigenvalue weighted by Gasteiger charge is -2.36. The number of nitrogens with one attached hydrogen (secondary N) is 1. The Balaban J connectivity index is 2.08. The smallest absolute Gasteiger partial charge is 0.144 e. The van der Waals surface area contributed by atoms with Crippen LogP contribution in [0.5, 0.6) is 0 Å². The number of rotatable bonds is 5. The second-order valence-corrected chi connectivity index (χ2v) is 5.43. The highest BCUT2D eigenvalue weighted by Crippen LogP contribution is 2.33. The molecule has 1 aliphatic rings. The van der Waals surface area contributed by atoms with Gasteiger partial charge in [0, 0.05) is 31.6 Å². The molecule has 0 radical (unpaired) electrons. The molecule has 4 heteroatoms. The number of aromatic nitrogens is 2. The number of hydrogen-bond acceptors (Lipinski definition) is 3. The number of carbonyl (C=O) groups excluding carboxylic acids is 1. The molecule has 1 aromatic rings. The number of hydrogen-bond donors (Lipinski definition) is 1. The predicted molar refractivity (Wildman–Crippen MR) is 71.4 cm³/mol. The lowest BCUT2D eigenvalue weighted by atomic mass is 9.72. The summed E-state index contributed by atoms with van der Waals surface area (Å²) in [5, 5.41) is 7.52. The Kier molecular flexibility index (Phi) is 4.17. The first-order chi connectivity index (χ1) is 8.66. The van der Waals surface area contributed by atoms with Crippen LogP contribution in [0.4, 0.5) is 0 Å². The van der Waals surface area contributed by atoms with Gasteiger partial charge in [0.25, 0.3) is 0 Å². The Labute approximate surface area is 109 Å². The van der Waals surface area contributed by atoms with E-state index in [1.165, 1.54) is 0 Å². The Morgan fingerprint density at radius 3 is 3.00 bits per heavy atom. The molecule has 0 saturated carbocycles. The SMILES string of the molecule is CCCC1(C(=O)Cc2cnn(C)c2)CCCNC1. The Hall–Kier alpha value is -1.16. The van der Waals surface area contributed by atoms with Crippen LogP contribution in [0.15, 0.2) is 12.4 Å². The molecule has 1 fully saturated rings. The van der Waals surface area contributed by atoms with Gasteiger partial charge in [0.2, 0.25) is 0 Å². The van der Waals surface area contributed by atoms with E-state index in [0.29, 0.717) is 12.2 Å². The molecular formula is C14H23N3O. The highest BCUT2D eigenvalue weighted by atomic mass is 16.1. The molecule has 0 amide bonds. The van der Waals surface area contributed by atoms with Crippen LogP contribution in [0.2, 0.25) is 0 Å². The zero-order valence-electron chi connectivity index (χ0n) is 11.4. The van der Waals surface area contributed by atoms with Crippen molar-refractivity contribution in [3.63, 3.8) is 0 Å². The number of aryl methyl sites for hydroxylation is 1. The quantitative estimate of drug-likeness (QED) is 0.864. The van der Waals surface area contributed by atoms with Gasteiger partial charge in [0.05, 0.1) is 6.20 Å². The van der Waals surface area contributed by atoms with Gasteiger partial charge in [-0.1, -0.05) is 13.3 Å². The molecule has 1 N–H and O–H groups in total. The van der Waals surface area contributed by atoms with Crippen molar-refractivity contribution in [2.75, 3.05) is 13.1 Å². The normalized spacial score (nSPS) is 24.1. The molecule has 100 valence electrons. The van der Waals surface area contributed by atoms with Gasteiger partial charge in [-0.15, -0.1) is 0 Å². The number of carbonyl (C=O) groups is 1. The maximum absolute atomic E-state index is 12.6. The average molecular weight is 249 g/mol. The van der Waals surface area contributed by atoms with E-state index in [9.17, 15) is 4.79 Å². The van der Waals surface area contributed by atoms with Crippen molar-refractivity contribution in [3.05, 3.63) is 18.0 Å². The number of ketones is 1. The summed E-state index contributed by atoms with van der Waals surface area (Å²) >= 11 is 0. The minimum Gasteiger partial charge on any atom is -0.316 e. The van der Waals surface area contributed by atoms with Crippen LogP contribution < -0.4 is 5.32 Å². The number of Topliss-reactive ketones (excluding diaryl/α,β-unsaturated/α-hetero) is 1. The van der Waals surface area contributed by atoms with Gasteiger partial charge in [0.1, 0.15) is 5.78 Å². The van der Waals surface area contributed by atoms with E-state index in [0.717, 1.165) is 44.3 Å². The van der Waals surface area contributed by atoms with Crippen molar-refractivity contribution in [1.29, 1.82) is 0 Å². The van der Waals surface area contributed by atoms with Gasteiger partial charge < -0.3 is 5.32 Å². The van der Waals surface area contributed by atoms with E-state index in [4.69, 9.17) is 0 Å². The van der Waals surface area contributed by atoms with Crippen LogP contribution in [0.1, 0.15) is 38.2 Å². The van der Waals surface area contributed by atoms with Gasteiger partial charge in [-0.05, 0) is 31.4 Å². The first-order valence-corrected chi connectivity index (χ1v) is 6.88. The molecule has 1 aromatic heterocycles. The topological polar surface area (TPSA) is 46.9 Å². The third-order valence-electron chi connectivity index (χ3n) is 3.92. The lowest BCUT2D eigenvalue weighted by molar-refractivity contribution is -0.129. The largest absolute Gasteiger partial charge is 0.316 e. The molecule has 2 heterocycles. The molecule has 2 rings (SSSR count). The Morgan fingerprint density at radius 2 is 2.44 bits per heavy atom. The van der Waals surface area contributed by atoms with E-state index in [1.807, 2.05) is 13.2 Å².